The predicted molar refractivity (Wildman–Crippen MR) is 71.6 cm³/mol. The fourth-order valence-corrected chi connectivity index (χ4v) is 1.81. The van der Waals surface area contributed by atoms with Crippen molar-refractivity contribution in [2.45, 2.75) is 33.4 Å². The number of aromatic nitrogens is 3. The van der Waals surface area contributed by atoms with Gasteiger partial charge in [0.25, 0.3) is 5.56 Å². The molecule has 2 N–H and O–H groups in total. The standard InChI is InChI=1S/C13H18N4O/c1-3-6-17-9-11(4-5-13(17)18)15-8-12-7-14-10(2)16-12/h4-5,7,9,15H,3,6,8H2,1-2H3,(H,14,16). The van der Waals surface area contributed by atoms with Crippen LogP contribution in [-0.2, 0) is 13.1 Å². The molecule has 2 rings (SSSR count). The molecule has 96 valence electrons. The van der Waals surface area contributed by atoms with Gasteiger partial charge in [-0.15, -0.1) is 0 Å². The molecule has 5 nitrogen and oxygen atoms in total. The molecule has 0 aliphatic heterocycles. The second kappa shape index (κ2) is 5.53. The van der Waals surface area contributed by atoms with Crippen LogP contribution in [0.1, 0.15) is 24.9 Å². The molecule has 5 heteroatoms. The number of hydrogen-bond acceptors (Lipinski definition) is 3. The number of nitrogens with zero attached hydrogens (tertiary/aromatic N) is 2. The number of aromatic amines is 1. The molecule has 0 saturated heterocycles. The molecular formula is C13H18N4O. The Labute approximate surface area is 106 Å². The maximum atomic E-state index is 11.6. The van der Waals surface area contributed by atoms with Gasteiger partial charge < -0.3 is 14.9 Å². The zero-order valence-electron chi connectivity index (χ0n) is 10.7. The third kappa shape index (κ3) is 3.00. The number of pyridine rings is 1. The van der Waals surface area contributed by atoms with Crippen LogP contribution in [0.25, 0.3) is 0 Å². The summed E-state index contributed by atoms with van der Waals surface area (Å²) in [7, 11) is 0. The highest BCUT2D eigenvalue weighted by Gasteiger charge is 1.99. The molecule has 2 aromatic rings. The highest BCUT2D eigenvalue weighted by atomic mass is 16.1. The number of H-pyrrole nitrogens is 1. The SMILES string of the molecule is CCCn1cc(NCc2cnc(C)[nH]2)ccc1=O. The smallest absolute Gasteiger partial charge is 0.250 e. The van der Waals surface area contributed by atoms with Gasteiger partial charge >= 0.3 is 0 Å². The normalized spacial score (nSPS) is 10.6. The van der Waals surface area contributed by atoms with Gasteiger partial charge in [-0.25, -0.2) is 4.98 Å². The van der Waals surface area contributed by atoms with Gasteiger partial charge in [-0.2, -0.15) is 0 Å². The van der Waals surface area contributed by atoms with E-state index in [4.69, 9.17) is 0 Å². The van der Waals surface area contributed by atoms with Crippen molar-refractivity contribution in [2.24, 2.45) is 0 Å². The van der Waals surface area contributed by atoms with E-state index in [-0.39, 0.29) is 5.56 Å². The molecule has 0 atom stereocenters. The highest BCUT2D eigenvalue weighted by molar-refractivity contribution is 5.40. The van der Waals surface area contributed by atoms with E-state index in [0.717, 1.165) is 30.2 Å². The Hall–Kier alpha value is -2.04. The van der Waals surface area contributed by atoms with E-state index in [1.54, 1.807) is 16.7 Å². The summed E-state index contributed by atoms with van der Waals surface area (Å²) in [6.07, 6.45) is 4.61. The third-order valence-electron chi connectivity index (χ3n) is 2.69. The molecule has 0 aliphatic carbocycles. The van der Waals surface area contributed by atoms with Crippen molar-refractivity contribution < 1.29 is 0 Å². The summed E-state index contributed by atoms with van der Waals surface area (Å²) in [4.78, 5) is 18.9. The Morgan fingerprint density at radius 3 is 2.94 bits per heavy atom. The van der Waals surface area contributed by atoms with Crippen molar-refractivity contribution in [3.8, 4) is 0 Å². The van der Waals surface area contributed by atoms with Crippen LogP contribution in [0, 0.1) is 6.92 Å². The highest BCUT2D eigenvalue weighted by Crippen LogP contribution is 2.06. The van der Waals surface area contributed by atoms with Gasteiger partial charge in [-0.05, 0) is 19.4 Å². The molecule has 0 saturated carbocycles. The minimum Gasteiger partial charge on any atom is -0.378 e. The van der Waals surface area contributed by atoms with Gasteiger partial charge in [-0.3, -0.25) is 4.79 Å². The van der Waals surface area contributed by atoms with E-state index in [9.17, 15) is 4.79 Å². The first-order chi connectivity index (χ1) is 8.69. The van der Waals surface area contributed by atoms with E-state index >= 15 is 0 Å². The van der Waals surface area contributed by atoms with Crippen LogP contribution in [0.2, 0.25) is 0 Å². The molecule has 0 unspecified atom stereocenters. The van der Waals surface area contributed by atoms with Crippen molar-refractivity contribution in [1.29, 1.82) is 0 Å². The zero-order chi connectivity index (χ0) is 13.0. The van der Waals surface area contributed by atoms with Crippen molar-refractivity contribution in [3.63, 3.8) is 0 Å². The summed E-state index contributed by atoms with van der Waals surface area (Å²) >= 11 is 0. The fourth-order valence-electron chi connectivity index (χ4n) is 1.81. The van der Waals surface area contributed by atoms with Crippen LogP contribution in [0.3, 0.4) is 0 Å². The van der Waals surface area contributed by atoms with E-state index in [1.807, 2.05) is 19.3 Å². The van der Waals surface area contributed by atoms with Crippen LogP contribution in [-0.4, -0.2) is 14.5 Å². The summed E-state index contributed by atoms with van der Waals surface area (Å²) in [5.41, 5.74) is 2.01. The van der Waals surface area contributed by atoms with Gasteiger partial charge in [-0.1, -0.05) is 6.92 Å². The molecule has 0 fully saturated rings. The Kier molecular flexibility index (Phi) is 3.82. The average Bonchev–Trinajstić information content (AvgIpc) is 2.76. The maximum Gasteiger partial charge on any atom is 0.250 e. The summed E-state index contributed by atoms with van der Waals surface area (Å²) < 4.78 is 1.72. The second-order valence-electron chi connectivity index (χ2n) is 4.30. The Bertz CT molecular complexity index is 570. The molecule has 0 bridgehead atoms. The molecule has 2 heterocycles. The van der Waals surface area contributed by atoms with Gasteiger partial charge in [0, 0.05) is 18.8 Å². The van der Waals surface area contributed by atoms with E-state index in [2.05, 4.69) is 22.2 Å². The third-order valence-corrected chi connectivity index (χ3v) is 2.69. The lowest BCUT2D eigenvalue weighted by atomic mass is 10.3. The van der Waals surface area contributed by atoms with E-state index in [0.29, 0.717) is 6.54 Å². The largest absolute Gasteiger partial charge is 0.378 e. The molecule has 2 aromatic heterocycles. The molecule has 0 aliphatic rings. The molecule has 0 aromatic carbocycles. The fraction of sp³-hybridized carbons (Fsp3) is 0.385. The Balaban J connectivity index is 2.05. The van der Waals surface area contributed by atoms with Crippen molar-refractivity contribution in [2.75, 3.05) is 5.32 Å². The van der Waals surface area contributed by atoms with E-state index in [1.165, 1.54) is 0 Å². The van der Waals surface area contributed by atoms with Crippen LogP contribution in [0.15, 0.2) is 29.3 Å². The molecule has 0 spiro atoms. The maximum absolute atomic E-state index is 11.6. The lowest BCUT2D eigenvalue weighted by Crippen LogP contribution is -2.18. The van der Waals surface area contributed by atoms with Crippen LogP contribution < -0.4 is 10.9 Å². The number of imidazole rings is 1. The van der Waals surface area contributed by atoms with Crippen molar-refractivity contribution in [3.05, 3.63) is 46.4 Å². The first-order valence-electron chi connectivity index (χ1n) is 6.14. The summed E-state index contributed by atoms with van der Waals surface area (Å²) in [5.74, 6) is 0.905. The first-order valence-corrected chi connectivity index (χ1v) is 6.14. The van der Waals surface area contributed by atoms with Gasteiger partial charge in [0.05, 0.1) is 24.1 Å². The lowest BCUT2D eigenvalue weighted by Gasteiger charge is -2.08. The molecular weight excluding hydrogens is 228 g/mol. The Morgan fingerprint density at radius 1 is 1.44 bits per heavy atom. The predicted octanol–water partition coefficient (Wildman–Crippen LogP) is 1.90. The number of rotatable bonds is 5. The van der Waals surface area contributed by atoms with Gasteiger partial charge in [0.2, 0.25) is 0 Å². The van der Waals surface area contributed by atoms with Crippen molar-refractivity contribution >= 4 is 5.69 Å². The number of aryl methyl sites for hydroxylation is 2. The molecule has 0 amide bonds. The zero-order valence-corrected chi connectivity index (χ0v) is 10.7. The summed E-state index contributed by atoms with van der Waals surface area (Å²) in [5, 5.41) is 3.27. The lowest BCUT2D eigenvalue weighted by molar-refractivity contribution is 0.655. The van der Waals surface area contributed by atoms with Crippen LogP contribution in [0.4, 0.5) is 5.69 Å². The first kappa shape index (κ1) is 12.4. The minimum atomic E-state index is 0.0415. The number of hydrogen-bond donors (Lipinski definition) is 2. The summed E-state index contributed by atoms with van der Waals surface area (Å²) in [6, 6.07) is 3.40. The van der Waals surface area contributed by atoms with Gasteiger partial charge in [0.1, 0.15) is 5.82 Å². The van der Waals surface area contributed by atoms with Gasteiger partial charge in [0.15, 0.2) is 0 Å². The minimum absolute atomic E-state index is 0.0415. The van der Waals surface area contributed by atoms with E-state index < -0.39 is 0 Å². The monoisotopic (exact) mass is 246 g/mol. The average molecular weight is 246 g/mol. The topological polar surface area (TPSA) is 62.7 Å². The summed E-state index contributed by atoms with van der Waals surface area (Å²) in [6.45, 7) is 5.40. The van der Waals surface area contributed by atoms with Crippen molar-refractivity contribution in [1.82, 2.24) is 14.5 Å². The second-order valence-corrected chi connectivity index (χ2v) is 4.30. The quantitative estimate of drug-likeness (QED) is 0.847. The Morgan fingerprint density at radius 2 is 2.28 bits per heavy atom. The number of nitrogens with one attached hydrogen (secondary N) is 2. The number of anilines is 1. The van der Waals surface area contributed by atoms with Crippen LogP contribution >= 0.6 is 0 Å². The van der Waals surface area contributed by atoms with Crippen LogP contribution in [0.5, 0.6) is 0 Å². The molecule has 0 radical (unpaired) electrons. The molecule has 18 heavy (non-hydrogen) atoms.